The van der Waals surface area contributed by atoms with Gasteiger partial charge in [0.25, 0.3) is 0 Å². The van der Waals surface area contributed by atoms with Crippen molar-refractivity contribution in [3.63, 3.8) is 0 Å². The molecule has 8 heteroatoms. The van der Waals surface area contributed by atoms with E-state index in [0.717, 1.165) is 33.8 Å². The number of nitrogens with two attached hydrogens (primary N) is 1. The number of thioether (sulfide) groups is 1. The van der Waals surface area contributed by atoms with Gasteiger partial charge in [-0.25, -0.2) is 19.3 Å². The molecule has 3 aromatic rings. The highest BCUT2D eigenvalue weighted by Gasteiger charge is 2.53. The van der Waals surface area contributed by atoms with E-state index in [4.69, 9.17) is 15.7 Å². The zero-order valence-corrected chi connectivity index (χ0v) is 18.6. The van der Waals surface area contributed by atoms with E-state index in [0.29, 0.717) is 23.2 Å². The fourth-order valence-electron chi connectivity index (χ4n) is 3.97. The molecule has 3 N–H and O–H groups in total. The number of aromatic nitrogens is 3. The van der Waals surface area contributed by atoms with Crippen molar-refractivity contribution in [3.8, 4) is 21.8 Å². The van der Waals surface area contributed by atoms with E-state index in [1.807, 2.05) is 17.8 Å². The Kier molecular flexibility index (Phi) is 5.14. The average Bonchev–Trinajstić information content (AvgIpc) is 3.14. The van der Waals surface area contributed by atoms with Gasteiger partial charge in [-0.2, -0.15) is 11.8 Å². The summed E-state index contributed by atoms with van der Waals surface area (Å²) in [4.78, 5) is 14.9. The third-order valence-electron chi connectivity index (χ3n) is 6.10. The molecule has 0 spiro atoms. The summed E-state index contributed by atoms with van der Waals surface area (Å²) >= 11 is 3.60. The fraction of sp³-hybridized carbons (Fsp3) is 0.409. The quantitative estimate of drug-likeness (QED) is 0.507. The number of fused-ring (bicyclic) bond motifs is 1. The van der Waals surface area contributed by atoms with Crippen LogP contribution in [0.3, 0.4) is 0 Å². The van der Waals surface area contributed by atoms with Crippen molar-refractivity contribution >= 4 is 34.7 Å². The molecular weight excluding hydrogens is 417 g/mol. The highest BCUT2D eigenvalue weighted by molar-refractivity contribution is 7.99. The first-order valence-corrected chi connectivity index (χ1v) is 12.3. The Morgan fingerprint density at radius 3 is 2.80 bits per heavy atom. The third-order valence-corrected chi connectivity index (χ3v) is 8.65. The molecule has 1 aliphatic carbocycles. The van der Waals surface area contributed by atoms with Gasteiger partial charge in [0, 0.05) is 23.7 Å². The molecule has 156 valence electrons. The van der Waals surface area contributed by atoms with Crippen molar-refractivity contribution in [2.45, 2.75) is 32.2 Å². The lowest BCUT2D eigenvalue weighted by Crippen LogP contribution is -2.12. The number of nitrogen functional groups attached to an aromatic ring is 1. The Morgan fingerprint density at radius 1 is 1.23 bits per heavy atom. The van der Waals surface area contributed by atoms with Gasteiger partial charge < -0.3 is 11.1 Å². The van der Waals surface area contributed by atoms with E-state index < -0.39 is 5.82 Å². The molecule has 1 saturated heterocycles. The number of hydrogen-bond acceptors (Lipinski definition) is 7. The lowest BCUT2D eigenvalue weighted by atomic mass is 10.1. The molecule has 0 bridgehead atoms. The summed E-state index contributed by atoms with van der Waals surface area (Å²) in [6, 6.07) is 7.41. The number of rotatable bonds is 6. The molecule has 2 fully saturated rings. The lowest BCUT2D eigenvalue weighted by molar-refractivity contribution is 0.635. The molecule has 3 heterocycles. The normalized spacial score (nSPS) is 23.2. The number of nitrogens with one attached hydrogen (secondary N) is 1. The van der Waals surface area contributed by atoms with Crippen molar-refractivity contribution < 1.29 is 4.39 Å². The van der Waals surface area contributed by atoms with E-state index in [1.165, 1.54) is 11.5 Å². The van der Waals surface area contributed by atoms with Crippen molar-refractivity contribution in [2.24, 2.45) is 11.8 Å². The van der Waals surface area contributed by atoms with Gasteiger partial charge in [0.15, 0.2) is 5.82 Å². The van der Waals surface area contributed by atoms with Crippen molar-refractivity contribution in [1.82, 2.24) is 15.0 Å². The maximum Gasteiger partial charge on any atom is 0.223 e. The maximum absolute atomic E-state index is 14.9. The van der Waals surface area contributed by atoms with E-state index >= 15 is 0 Å². The van der Waals surface area contributed by atoms with Crippen LogP contribution in [0.2, 0.25) is 0 Å². The third kappa shape index (κ3) is 3.46. The Balaban J connectivity index is 1.54. The smallest absolute Gasteiger partial charge is 0.223 e. The van der Waals surface area contributed by atoms with Crippen LogP contribution in [0.4, 0.5) is 16.0 Å². The zero-order chi connectivity index (χ0) is 20.8. The number of hydrogen-bond donors (Lipinski definition) is 2. The first-order chi connectivity index (χ1) is 14.6. The van der Waals surface area contributed by atoms with Crippen LogP contribution in [0.15, 0.2) is 30.5 Å². The van der Waals surface area contributed by atoms with Gasteiger partial charge in [-0.15, -0.1) is 11.3 Å². The standard InChI is InChI=1S/C22H24FN5S2/c1-3-11(2)21-27-19(12-5-4-6-15(24)17(12)23)20(30-21)16-7-8-25-22(26-16)28-18-13-9-29-10-14(13)18/h4-8,11,13-14,18H,3,9-10,24H2,1-2H3,(H,25,26,28). The summed E-state index contributed by atoms with van der Waals surface area (Å²) in [5.74, 6) is 4.39. The Bertz CT molecular complexity index is 1080. The maximum atomic E-state index is 14.9. The lowest BCUT2D eigenvalue weighted by Gasteiger charge is -2.09. The second kappa shape index (κ2) is 7.81. The minimum absolute atomic E-state index is 0.125. The van der Waals surface area contributed by atoms with Gasteiger partial charge in [-0.1, -0.05) is 19.9 Å². The molecule has 0 amide bonds. The SMILES string of the molecule is CCC(C)c1nc(-c2cccc(N)c2F)c(-c2ccnc(NC3C4CSCC43)n2)s1. The van der Waals surface area contributed by atoms with Crippen LogP contribution in [0.25, 0.3) is 21.8 Å². The van der Waals surface area contributed by atoms with Gasteiger partial charge in [-0.05, 0) is 48.0 Å². The molecule has 3 atom stereocenters. The fourth-order valence-corrected chi connectivity index (χ4v) is 6.74. The van der Waals surface area contributed by atoms with E-state index in [-0.39, 0.29) is 11.6 Å². The topological polar surface area (TPSA) is 76.7 Å². The van der Waals surface area contributed by atoms with Crippen LogP contribution in [0, 0.1) is 17.7 Å². The van der Waals surface area contributed by atoms with Gasteiger partial charge in [0.1, 0.15) is 0 Å². The predicted octanol–water partition coefficient (Wildman–Crippen LogP) is 5.28. The minimum atomic E-state index is -0.435. The van der Waals surface area contributed by atoms with Crippen LogP contribution in [-0.4, -0.2) is 32.5 Å². The highest BCUT2D eigenvalue weighted by Crippen LogP contribution is 2.50. The molecule has 5 nitrogen and oxygen atoms in total. The first-order valence-electron chi connectivity index (χ1n) is 10.3. The van der Waals surface area contributed by atoms with Crippen LogP contribution in [0.1, 0.15) is 31.2 Å². The summed E-state index contributed by atoms with van der Waals surface area (Å²) in [7, 11) is 0. The van der Waals surface area contributed by atoms with Crippen LogP contribution in [0.5, 0.6) is 0 Å². The van der Waals surface area contributed by atoms with Crippen LogP contribution < -0.4 is 11.1 Å². The van der Waals surface area contributed by atoms with Crippen molar-refractivity contribution in [3.05, 3.63) is 41.3 Å². The Morgan fingerprint density at radius 2 is 2.03 bits per heavy atom. The average molecular weight is 442 g/mol. The molecule has 3 unspecified atom stereocenters. The summed E-state index contributed by atoms with van der Waals surface area (Å²) in [6.45, 7) is 4.27. The van der Waals surface area contributed by atoms with Gasteiger partial charge in [0.05, 0.1) is 27.0 Å². The summed E-state index contributed by atoms with van der Waals surface area (Å²) in [5.41, 5.74) is 7.73. The Hall–Kier alpha value is -2.19. The van der Waals surface area contributed by atoms with Gasteiger partial charge >= 0.3 is 0 Å². The first kappa shape index (κ1) is 19.8. The molecule has 5 rings (SSSR count). The summed E-state index contributed by atoms with van der Waals surface area (Å²) in [5, 5.41) is 4.48. The number of nitrogens with zero attached hydrogens (tertiary/aromatic N) is 3. The highest BCUT2D eigenvalue weighted by atomic mass is 32.2. The molecular formula is C22H24FN5S2. The molecule has 0 radical (unpaired) electrons. The molecule has 2 aliphatic rings. The van der Waals surface area contributed by atoms with Crippen LogP contribution in [-0.2, 0) is 0 Å². The second-order valence-electron chi connectivity index (χ2n) is 8.05. The number of benzene rings is 1. The Labute approximate surface area is 183 Å². The monoisotopic (exact) mass is 441 g/mol. The number of anilines is 2. The second-order valence-corrected chi connectivity index (χ2v) is 10.2. The van der Waals surface area contributed by atoms with Gasteiger partial charge in [-0.3, -0.25) is 0 Å². The van der Waals surface area contributed by atoms with E-state index in [2.05, 4.69) is 24.1 Å². The number of thiazole rings is 1. The largest absolute Gasteiger partial charge is 0.396 e. The number of halogens is 1. The van der Waals surface area contributed by atoms with Crippen molar-refractivity contribution in [1.29, 1.82) is 0 Å². The van der Waals surface area contributed by atoms with Gasteiger partial charge in [0.2, 0.25) is 5.95 Å². The van der Waals surface area contributed by atoms with E-state index in [9.17, 15) is 4.39 Å². The summed E-state index contributed by atoms with van der Waals surface area (Å²) in [6.07, 6.45) is 2.73. The van der Waals surface area contributed by atoms with Crippen LogP contribution >= 0.6 is 23.1 Å². The van der Waals surface area contributed by atoms with E-state index in [1.54, 1.807) is 35.7 Å². The predicted molar refractivity (Wildman–Crippen MR) is 123 cm³/mol. The zero-order valence-electron chi connectivity index (χ0n) is 16.9. The molecule has 1 saturated carbocycles. The molecule has 2 aromatic heterocycles. The molecule has 1 aliphatic heterocycles. The molecule has 1 aromatic carbocycles. The summed E-state index contributed by atoms with van der Waals surface area (Å²) < 4.78 is 14.9. The minimum Gasteiger partial charge on any atom is -0.396 e. The molecule has 30 heavy (non-hydrogen) atoms. The van der Waals surface area contributed by atoms with Crippen molar-refractivity contribution in [2.75, 3.05) is 22.6 Å².